The van der Waals surface area contributed by atoms with Crippen molar-refractivity contribution in [3.63, 3.8) is 0 Å². The molecule has 0 atom stereocenters. The zero-order valence-corrected chi connectivity index (χ0v) is 21.4. The minimum atomic E-state index is 0.469. The Bertz CT molecular complexity index is 1320. The highest BCUT2D eigenvalue weighted by atomic mass is 79.9. The van der Waals surface area contributed by atoms with E-state index >= 15 is 0 Å². The number of aromatic nitrogens is 3. The van der Waals surface area contributed by atoms with Crippen molar-refractivity contribution in [3.05, 3.63) is 93.5 Å². The van der Waals surface area contributed by atoms with Crippen molar-refractivity contribution < 1.29 is 4.74 Å². The Hall–Kier alpha value is -3.32. The zero-order chi connectivity index (χ0) is 24.2. The first-order valence-electron chi connectivity index (χ1n) is 11.2. The van der Waals surface area contributed by atoms with Crippen molar-refractivity contribution >= 4 is 44.9 Å². The lowest BCUT2D eigenvalue weighted by Crippen LogP contribution is -2.38. The molecule has 3 heterocycles. The van der Waals surface area contributed by atoms with Gasteiger partial charge in [0.1, 0.15) is 16.7 Å². The van der Waals surface area contributed by atoms with Crippen molar-refractivity contribution in [2.24, 2.45) is 0 Å². The molecule has 1 saturated heterocycles. The molecule has 9 heteroatoms. The number of hydrogen-bond acceptors (Lipinski definition) is 7. The van der Waals surface area contributed by atoms with Crippen molar-refractivity contribution in [1.82, 2.24) is 19.7 Å². The van der Waals surface area contributed by atoms with E-state index in [-0.39, 0.29) is 0 Å². The first-order valence-corrected chi connectivity index (χ1v) is 12.9. The Morgan fingerprint density at radius 2 is 1.86 bits per heavy atom. The van der Waals surface area contributed by atoms with Gasteiger partial charge in [0.2, 0.25) is 5.95 Å². The summed E-state index contributed by atoms with van der Waals surface area (Å²) in [5, 5.41) is 22.4. The van der Waals surface area contributed by atoms with Crippen molar-refractivity contribution in [3.8, 4) is 11.8 Å². The average molecular weight is 547 g/mol. The molecule has 2 aliphatic heterocycles. The molecule has 2 aromatic carbocycles. The molecule has 2 aliphatic rings. The van der Waals surface area contributed by atoms with Gasteiger partial charge < -0.3 is 14.5 Å². The van der Waals surface area contributed by atoms with Gasteiger partial charge in [-0.2, -0.15) is 5.26 Å². The van der Waals surface area contributed by atoms with Crippen LogP contribution in [0.2, 0.25) is 0 Å². The molecule has 0 spiro atoms. The molecular weight excluding hydrogens is 524 g/mol. The number of anilines is 1. The number of benzene rings is 2. The summed E-state index contributed by atoms with van der Waals surface area (Å²) in [5.74, 6) is 1.23. The van der Waals surface area contributed by atoms with Crippen LogP contribution in [0.25, 0.3) is 17.0 Å². The third kappa shape index (κ3) is 4.65. The summed E-state index contributed by atoms with van der Waals surface area (Å²) in [7, 11) is 0. The topological polar surface area (TPSA) is 70.2 Å². The van der Waals surface area contributed by atoms with Crippen LogP contribution < -0.4 is 4.90 Å². The number of halogens is 1. The molecule has 3 aromatic rings. The van der Waals surface area contributed by atoms with Crippen molar-refractivity contribution in [2.45, 2.75) is 0 Å². The minimum Gasteiger partial charge on any atom is -0.378 e. The Labute approximate surface area is 217 Å². The largest absolute Gasteiger partial charge is 0.378 e. The molecule has 0 bridgehead atoms. The normalized spacial score (nSPS) is 17.2. The minimum absolute atomic E-state index is 0.469. The molecule has 0 radical (unpaired) electrons. The highest BCUT2D eigenvalue weighted by Crippen LogP contribution is 2.43. The molecule has 0 N–H and O–H groups in total. The van der Waals surface area contributed by atoms with Gasteiger partial charge in [0.05, 0.1) is 24.6 Å². The maximum atomic E-state index is 10.4. The Balaban J connectivity index is 1.63. The number of para-hydroxylation sites is 1. The first kappa shape index (κ1) is 23.4. The fourth-order valence-electron chi connectivity index (χ4n) is 4.11. The van der Waals surface area contributed by atoms with Gasteiger partial charge in [-0.15, -0.1) is 16.8 Å². The van der Waals surface area contributed by atoms with E-state index in [1.54, 1.807) is 0 Å². The molecule has 0 unspecified atom stereocenters. The van der Waals surface area contributed by atoms with Gasteiger partial charge in [-0.1, -0.05) is 64.1 Å². The summed E-state index contributed by atoms with van der Waals surface area (Å²) in [6.07, 6.45) is 1.84. The van der Waals surface area contributed by atoms with Crippen molar-refractivity contribution in [2.75, 3.05) is 37.7 Å². The maximum absolute atomic E-state index is 10.4. The van der Waals surface area contributed by atoms with Gasteiger partial charge in [0, 0.05) is 29.5 Å². The number of nitrogens with zero attached hydrogens (tertiary/aromatic N) is 6. The van der Waals surface area contributed by atoms with E-state index in [1.165, 1.54) is 11.8 Å². The van der Waals surface area contributed by atoms with Crippen LogP contribution in [0, 0.1) is 11.3 Å². The number of morpholine rings is 1. The molecule has 5 rings (SSSR count). The third-order valence-electron chi connectivity index (χ3n) is 5.77. The van der Waals surface area contributed by atoms with E-state index in [0.717, 1.165) is 39.5 Å². The highest BCUT2D eigenvalue weighted by molar-refractivity contribution is 9.10. The van der Waals surface area contributed by atoms with E-state index in [9.17, 15) is 5.26 Å². The number of hydrogen-bond donors (Lipinski definition) is 0. The monoisotopic (exact) mass is 546 g/mol. The summed E-state index contributed by atoms with van der Waals surface area (Å²) in [6, 6.07) is 20.5. The van der Waals surface area contributed by atoms with Crippen LogP contribution in [0.5, 0.6) is 0 Å². The molecule has 0 saturated carbocycles. The number of allylic oxidation sites excluding steroid dienone is 1. The van der Waals surface area contributed by atoms with E-state index < -0.39 is 0 Å². The lowest BCUT2D eigenvalue weighted by molar-refractivity contribution is 0.122. The van der Waals surface area contributed by atoms with E-state index in [0.29, 0.717) is 37.1 Å². The lowest BCUT2D eigenvalue weighted by atomic mass is 10.1. The lowest BCUT2D eigenvalue weighted by Gasteiger charge is -2.28. The van der Waals surface area contributed by atoms with E-state index in [1.807, 2.05) is 53.1 Å². The predicted octanol–water partition coefficient (Wildman–Crippen LogP) is 5.29. The summed E-state index contributed by atoms with van der Waals surface area (Å²) in [4.78, 5) is 4.26. The average Bonchev–Trinajstić information content (AvgIpc) is 3.52. The summed E-state index contributed by atoms with van der Waals surface area (Å²) < 4.78 is 8.53. The van der Waals surface area contributed by atoms with Crippen LogP contribution >= 0.6 is 27.7 Å². The van der Waals surface area contributed by atoms with Crippen LogP contribution in [0.15, 0.2) is 82.2 Å². The summed E-state index contributed by atoms with van der Waals surface area (Å²) in [6.45, 7) is 7.21. The standard InChI is InChI=1S/C26H23BrN6OS/c1-2-12-32-23(19-8-10-20(27)11-9-19)18-35-25(32)22(17-28)24-29-30-26(31-13-15-34-16-14-31)33(24)21-6-4-3-5-7-21/h2-11,18H,1,12-16H2/b25-22+. The van der Waals surface area contributed by atoms with Crippen molar-refractivity contribution in [1.29, 1.82) is 5.26 Å². The molecule has 1 fully saturated rings. The second kappa shape index (κ2) is 10.5. The zero-order valence-electron chi connectivity index (χ0n) is 19.0. The van der Waals surface area contributed by atoms with Gasteiger partial charge in [-0.3, -0.25) is 4.57 Å². The molecule has 0 amide bonds. The van der Waals surface area contributed by atoms with Gasteiger partial charge in [-0.05, 0) is 29.8 Å². The fraction of sp³-hybridized carbons (Fsp3) is 0.192. The molecule has 176 valence electrons. The van der Waals surface area contributed by atoms with Gasteiger partial charge in [-0.25, -0.2) is 0 Å². The van der Waals surface area contributed by atoms with Crippen LogP contribution in [-0.4, -0.2) is 52.5 Å². The van der Waals surface area contributed by atoms with E-state index in [4.69, 9.17) is 4.74 Å². The number of thioether (sulfide) groups is 1. The van der Waals surface area contributed by atoms with Crippen LogP contribution in [-0.2, 0) is 4.74 Å². The van der Waals surface area contributed by atoms with Crippen LogP contribution in [0.3, 0.4) is 0 Å². The third-order valence-corrected chi connectivity index (χ3v) is 7.29. The van der Waals surface area contributed by atoms with Crippen LogP contribution in [0.1, 0.15) is 11.4 Å². The number of nitriles is 1. The Morgan fingerprint density at radius 1 is 1.11 bits per heavy atom. The predicted molar refractivity (Wildman–Crippen MR) is 144 cm³/mol. The second-order valence-corrected chi connectivity index (χ2v) is 9.69. The molecular formula is C26H23BrN6OS. The Kier molecular flexibility index (Phi) is 7.04. The number of ether oxygens (including phenoxy) is 1. The van der Waals surface area contributed by atoms with Gasteiger partial charge >= 0.3 is 0 Å². The number of rotatable bonds is 6. The SMILES string of the molecule is C=CCN1C(c2ccc(Br)cc2)=CS/C1=C(\C#N)c1nnc(N2CCOCC2)n1-c1ccccc1. The fourth-order valence-corrected chi connectivity index (χ4v) is 5.42. The van der Waals surface area contributed by atoms with Gasteiger partial charge in [0.15, 0.2) is 5.82 Å². The van der Waals surface area contributed by atoms with E-state index in [2.05, 4.69) is 66.1 Å². The smallest absolute Gasteiger partial charge is 0.232 e. The summed E-state index contributed by atoms with van der Waals surface area (Å²) >= 11 is 5.03. The summed E-state index contributed by atoms with van der Waals surface area (Å²) in [5.41, 5.74) is 3.45. The Morgan fingerprint density at radius 3 is 2.54 bits per heavy atom. The van der Waals surface area contributed by atoms with Gasteiger partial charge in [0.25, 0.3) is 0 Å². The quantitative estimate of drug-likeness (QED) is 0.307. The highest BCUT2D eigenvalue weighted by Gasteiger charge is 2.30. The first-order chi connectivity index (χ1) is 17.2. The molecule has 1 aromatic heterocycles. The molecule has 0 aliphatic carbocycles. The molecule has 35 heavy (non-hydrogen) atoms. The van der Waals surface area contributed by atoms with Crippen LogP contribution in [0.4, 0.5) is 5.95 Å². The second-order valence-electron chi connectivity index (χ2n) is 7.91. The molecule has 7 nitrogen and oxygen atoms in total. The maximum Gasteiger partial charge on any atom is 0.232 e.